The molecule has 0 saturated carbocycles. The van der Waals surface area contributed by atoms with Crippen LogP contribution in [0, 0.1) is 25.5 Å². The summed E-state index contributed by atoms with van der Waals surface area (Å²) in [7, 11) is 2.75. The third kappa shape index (κ3) is 13.7. The quantitative estimate of drug-likeness (QED) is 0.0928. The molecule has 0 spiro atoms. The maximum atomic E-state index is 13.9. The van der Waals surface area contributed by atoms with Crippen molar-refractivity contribution in [3.63, 3.8) is 0 Å². The summed E-state index contributed by atoms with van der Waals surface area (Å²) in [6.07, 6.45) is 0.730. The average molecular weight is 1170 g/mol. The van der Waals surface area contributed by atoms with E-state index < -0.39 is 57.9 Å². The lowest BCUT2D eigenvalue weighted by Gasteiger charge is -2.25. The number of benzene rings is 4. The van der Waals surface area contributed by atoms with Crippen LogP contribution in [0.1, 0.15) is 94.6 Å². The molecule has 4 aliphatic heterocycles. The van der Waals surface area contributed by atoms with Crippen LogP contribution in [-0.2, 0) is 59.2 Å². The van der Waals surface area contributed by atoms with Crippen LogP contribution in [0.2, 0.25) is 20.1 Å². The van der Waals surface area contributed by atoms with Crippen molar-refractivity contribution in [3.8, 4) is 0 Å². The van der Waals surface area contributed by atoms with Crippen LogP contribution in [0.25, 0.3) is 0 Å². The van der Waals surface area contributed by atoms with Crippen molar-refractivity contribution in [2.45, 2.75) is 77.7 Å². The van der Waals surface area contributed by atoms with Gasteiger partial charge in [0.1, 0.15) is 38.5 Å². The second-order valence-electron chi connectivity index (χ2n) is 18.1. The number of hydrogen-bond acceptors (Lipinski definition) is 14. The molecule has 5 amide bonds. The molecular formula is C52H53Cl5F2N6O12. The predicted octanol–water partition coefficient (Wildman–Crippen LogP) is 9.03. The standard InChI is InChI=1S/C26H26Cl2FN3O6.C23H22Cl2FN3O4.C3H5ClO2/c1-5-31-25(35)21(12-37-31)32(22(33)13-36-4)24(34)17-7-6-15(8-14(17)2)20-11-26(3,38-30-20)16-9-18(27)23(29)19(28)10-16;1-4-29-22(31)19(11-32-29)27-21(30)15-6-5-13(7-12(15)2)18-10-23(3,33-28-18)14-8-16(24)20(26)17(25)9-14;1-6-2-3(4)5/h6-10,21H,5,11-13H2,1-4H3;5-9,19H,4,10-11H2,1-3H3,(H,27,30);2H2,1H3/t21-,26?;19-,23?;/m11./s1. The summed E-state index contributed by atoms with van der Waals surface area (Å²) >= 11 is 28.6. The van der Waals surface area contributed by atoms with Gasteiger partial charge in [-0.15, -0.1) is 0 Å². The Hall–Kier alpha value is -5.81. The number of likely N-dealkylation sites (N-methyl/N-ethyl adjacent to an activating group) is 2. The summed E-state index contributed by atoms with van der Waals surface area (Å²) in [5.74, 6) is -3.77. The van der Waals surface area contributed by atoms with Crippen molar-refractivity contribution in [3.05, 3.63) is 137 Å². The summed E-state index contributed by atoms with van der Waals surface area (Å²) in [4.78, 5) is 96.6. The number of nitrogens with zero attached hydrogens (tertiary/aromatic N) is 5. The highest BCUT2D eigenvalue weighted by atomic mass is 35.5. The van der Waals surface area contributed by atoms with Crippen molar-refractivity contribution in [2.75, 3.05) is 53.7 Å². The van der Waals surface area contributed by atoms with Gasteiger partial charge in [-0.3, -0.25) is 43.3 Å². The fraction of sp³-hybridized carbons (Fsp3) is 0.385. The first-order valence-corrected chi connectivity index (χ1v) is 25.5. The summed E-state index contributed by atoms with van der Waals surface area (Å²) in [5, 5.41) is 12.6. The molecule has 2 unspecified atom stereocenters. The first-order chi connectivity index (χ1) is 36.4. The molecule has 4 heterocycles. The van der Waals surface area contributed by atoms with Crippen molar-refractivity contribution in [2.24, 2.45) is 10.3 Å². The van der Waals surface area contributed by atoms with Gasteiger partial charge in [0, 0.05) is 62.4 Å². The number of imide groups is 1. The van der Waals surface area contributed by atoms with E-state index in [1.54, 1.807) is 65.0 Å². The number of ether oxygens (including phenoxy) is 2. The van der Waals surface area contributed by atoms with Gasteiger partial charge in [-0.25, -0.2) is 18.9 Å². The van der Waals surface area contributed by atoms with Crippen LogP contribution in [-0.4, -0.2) is 127 Å². The number of methoxy groups -OCH3 is 2. The average Bonchev–Trinajstić information content (AvgIpc) is 4.18. The molecule has 18 nitrogen and oxygen atoms in total. The van der Waals surface area contributed by atoms with E-state index in [4.69, 9.17) is 82.1 Å². The van der Waals surface area contributed by atoms with Crippen molar-refractivity contribution < 1.29 is 66.4 Å². The number of oxime groups is 2. The third-order valence-electron chi connectivity index (χ3n) is 12.6. The first-order valence-electron chi connectivity index (χ1n) is 23.6. The first kappa shape index (κ1) is 60.4. The molecule has 0 radical (unpaired) electrons. The van der Waals surface area contributed by atoms with Crippen LogP contribution < -0.4 is 5.32 Å². The van der Waals surface area contributed by atoms with Crippen molar-refractivity contribution in [1.29, 1.82) is 0 Å². The number of carbonyl (C=O) groups excluding carboxylic acids is 6. The summed E-state index contributed by atoms with van der Waals surface area (Å²) in [6, 6.07) is 14.3. The Labute approximate surface area is 467 Å². The van der Waals surface area contributed by atoms with E-state index in [1.807, 2.05) is 13.0 Å². The van der Waals surface area contributed by atoms with Gasteiger partial charge < -0.3 is 24.5 Å². The van der Waals surface area contributed by atoms with E-state index in [9.17, 15) is 37.5 Å². The molecule has 4 aromatic rings. The van der Waals surface area contributed by atoms with E-state index in [0.29, 0.717) is 64.2 Å². The number of hydroxylamine groups is 4. The zero-order valence-corrected chi connectivity index (χ0v) is 46.6. The normalized spacial score (nSPS) is 20.6. The number of amides is 5. The Morgan fingerprint density at radius 2 is 1.14 bits per heavy atom. The van der Waals surface area contributed by atoms with Gasteiger partial charge in [0.15, 0.2) is 22.8 Å². The number of aryl methyl sites for hydroxylation is 2. The molecule has 1 N–H and O–H groups in total. The highest BCUT2D eigenvalue weighted by molar-refractivity contribution is 6.63. The molecule has 8 rings (SSSR count). The lowest BCUT2D eigenvalue weighted by molar-refractivity contribution is -0.161. The topological polar surface area (TPSA) is 204 Å². The Balaban J connectivity index is 0.000000227. The highest BCUT2D eigenvalue weighted by Crippen LogP contribution is 2.41. The van der Waals surface area contributed by atoms with E-state index >= 15 is 0 Å². The Morgan fingerprint density at radius 1 is 0.701 bits per heavy atom. The minimum absolute atomic E-state index is 0.00154. The monoisotopic (exact) mass is 1170 g/mol. The SMILES string of the molecule is CCN1OC[C@@H](N(C(=O)COC)C(=O)c2ccc(C3=NOC(C)(c4cc(Cl)c(F)c(Cl)c4)C3)cc2C)C1=O.CCN1OC[C@@H](NC(=O)c2ccc(C3=NOC(C)(c4cc(Cl)c(F)c(Cl)c4)C3)cc2C)C1=O.COCC(=O)Cl. The third-order valence-corrected chi connectivity index (χ3v) is 13.8. The molecule has 4 aromatic carbocycles. The maximum absolute atomic E-state index is 13.9. The van der Waals surface area contributed by atoms with Crippen LogP contribution in [0.15, 0.2) is 71.0 Å². The van der Waals surface area contributed by atoms with Gasteiger partial charge in [0.25, 0.3) is 29.5 Å². The van der Waals surface area contributed by atoms with Gasteiger partial charge in [0.2, 0.25) is 5.24 Å². The second kappa shape index (κ2) is 25.8. The minimum Gasteiger partial charge on any atom is -0.384 e. The Bertz CT molecular complexity index is 3000. The number of nitrogens with one attached hydrogen (secondary N) is 1. The molecule has 0 aliphatic carbocycles. The number of carbonyl (C=O) groups is 6. The van der Waals surface area contributed by atoms with Crippen LogP contribution in [0.4, 0.5) is 8.78 Å². The minimum atomic E-state index is -1.09. The molecule has 412 valence electrons. The fourth-order valence-corrected chi connectivity index (χ4v) is 9.50. The molecular weight excluding hydrogens is 1120 g/mol. The van der Waals surface area contributed by atoms with E-state index in [-0.39, 0.29) is 70.4 Å². The van der Waals surface area contributed by atoms with Gasteiger partial charge in [-0.05, 0) is 124 Å². The van der Waals surface area contributed by atoms with Crippen LogP contribution in [0.3, 0.4) is 0 Å². The molecule has 2 fully saturated rings. The van der Waals surface area contributed by atoms with Crippen LogP contribution >= 0.6 is 58.0 Å². The van der Waals surface area contributed by atoms with Gasteiger partial charge in [-0.1, -0.05) is 68.8 Å². The van der Waals surface area contributed by atoms with E-state index in [2.05, 4.69) is 20.4 Å². The summed E-state index contributed by atoms with van der Waals surface area (Å²) in [5.41, 5.74) is 4.06. The smallest absolute Gasteiger partial charge is 0.271 e. The summed E-state index contributed by atoms with van der Waals surface area (Å²) in [6.45, 7) is 11.0. The van der Waals surface area contributed by atoms with Gasteiger partial charge >= 0.3 is 0 Å². The number of hydrogen-bond donors (Lipinski definition) is 1. The lowest BCUT2D eigenvalue weighted by Crippen LogP contribution is -2.51. The van der Waals surface area contributed by atoms with E-state index in [1.165, 1.54) is 43.5 Å². The Morgan fingerprint density at radius 3 is 1.53 bits per heavy atom. The van der Waals surface area contributed by atoms with Crippen molar-refractivity contribution >= 4 is 104 Å². The van der Waals surface area contributed by atoms with Crippen LogP contribution in [0.5, 0.6) is 0 Å². The van der Waals surface area contributed by atoms with Crippen molar-refractivity contribution in [1.82, 2.24) is 20.3 Å². The zero-order valence-electron chi connectivity index (χ0n) is 42.9. The molecule has 0 bridgehead atoms. The van der Waals surface area contributed by atoms with E-state index in [0.717, 1.165) is 15.5 Å². The molecule has 0 aromatic heterocycles. The van der Waals surface area contributed by atoms with Gasteiger partial charge in [-0.2, -0.15) is 0 Å². The molecule has 25 heteroatoms. The number of rotatable bonds is 14. The van der Waals surface area contributed by atoms with Gasteiger partial charge in [0.05, 0.1) is 31.5 Å². The molecule has 2 saturated heterocycles. The predicted molar refractivity (Wildman–Crippen MR) is 282 cm³/mol. The largest absolute Gasteiger partial charge is 0.384 e. The number of halogens is 7. The molecule has 4 aliphatic rings. The maximum Gasteiger partial charge on any atom is 0.271 e. The Kier molecular flexibility index (Phi) is 20.2. The molecule has 4 atom stereocenters. The molecule has 77 heavy (non-hydrogen) atoms. The fourth-order valence-electron chi connectivity index (χ4n) is 8.42. The lowest BCUT2D eigenvalue weighted by atomic mass is 9.88. The summed E-state index contributed by atoms with van der Waals surface area (Å²) < 4.78 is 37.0. The second-order valence-corrected chi connectivity index (χ2v) is 20.2. The highest BCUT2D eigenvalue weighted by Gasteiger charge is 2.44. The zero-order chi connectivity index (χ0) is 56.7.